The van der Waals surface area contributed by atoms with Gasteiger partial charge in [0.2, 0.25) is 0 Å². The number of hydrogen-bond acceptors (Lipinski definition) is 4. The van der Waals surface area contributed by atoms with E-state index >= 15 is 0 Å². The Kier molecular flexibility index (Phi) is 6.44. The van der Waals surface area contributed by atoms with E-state index in [0.717, 1.165) is 0 Å². The summed E-state index contributed by atoms with van der Waals surface area (Å²) in [6.07, 6.45) is -24.6. The first-order valence-corrected chi connectivity index (χ1v) is 5.37. The summed E-state index contributed by atoms with van der Waals surface area (Å²) < 4.78 is 146. The smallest absolute Gasteiger partial charge is 0.281 e. The summed E-state index contributed by atoms with van der Waals surface area (Å²) in [4.78, 5) is 6.70. The van der Waals surface area contributed by atoms with Crippen molar-refractivity contribution in [1.82, 2.24) is 10.1 Å². The molecule has 0 aromatic heterocycles. The maximum atomic E-state index is 12.2. The van der Waals surface area contributed by atoms with Gasteiger partial charge in [-0.05, 0) is 13.8 Å². The van der Waals surface area contributed by atoms with E-state index in [0.29, 0.717) is 13.8 Å². The predicted octanol–water partition coefficient (Wildman–Crippen LogP) is 4.31. The van der Waals surface area contributed by atoms with Crippen LogP contribution in [0.4, 0.5) is 52.7 Å². The van der Waals surface area contributed by atoms with Gasteiger partial charge in [-0.1, -0.05) is 0 Å². The van der Waals surface area contributed by atoms with Crippen molar-refractivity contribution in [3.05, 3.63) is 0 Å². The molecule has 0 spiro atoms. The maximum absolute atomic E-state index is 12.2. The van der Waals surface area contributed by atoms with Gasteiger partial charge in [0.05, 0.1) is 6.61 Å². The van der Waals surface area contributed by atoms with E-state index in [2.05, 4.69) is 9.68 Å². The molecule has 24 heavy (non-hydrogen) atoms. The van der Waals surface area contributed by atoms with Gasteiger partial charge in [-0.3, -0.25) is 9.68 Å². The van der Waals surface area contributed by atoms with Gasteiger partial charge in [0, 0.05) is 10.1 Å². The van der Waals surface area contributed by atoms with Crippen molar-refractivity contribution in [2.24, 2.45) is 0 Å². The second kappa shape index (κ2) is 6.72. The van der Waals surface area contributed by atoms with E-state index in [1.54, 1.807) is 0 Å². The van der Waals surface area contributed by atoms with Crippen LogP contribution in [-0.2, 0) is 9.68 Å². The zero-order valence-electron chi connectivity index (χ0n) is 11.5. The highest BCUT2D eigenvalue weighted by atomic mass is 19.4. The topological polar surface area (TPSA) is 24.9 Å². The highest BCUT2D eigenvalue weighted by Crippen LogP contribution is 2.37. The number of hydroxylamine groups is 4. The van der Waals surface area contributed by atoms with E-state index in [-0.39, 0.29) is 0 Å². The highest BCUT2D eigenvalue weighted by Gasteiger charge is 2.59. The summed E-state index contributed by atoms with van der Waals surface area (Å²) in [7, 11) is 0. The molecule has 4 nitrogen and oxygen atoms in total. The lowest BCUT2D eigenvalue weighted by Gasteiger charge is -2.35. The third-order valence-electron chi connectivity index (χ3n) is 1.80. The van der Waals surface area contributed by atoms with Crippen molar-refractivity contribution in [2.75, 3.05) is 6.61 Å². The lowest BCUT2D eigenvalue weighted by molar-refractivity contribution is -0.517. The van der Waals surface area contributed by atoms with Crippen LogP contribution in [0.5, 0.6) is 0 Å². The minimum absolute atomic E-state index is 0.350. The average molecular weight is 392 g/mol. The lowest BCUT2D eigenvalue weighted by Crippen LogP contribution is -2.55. The van der Waals surface area contributed by atoms with Crippen LogP contribution in [0.3, 0.4) is 0 Å². The molecule has 0 aliphatic rings. The van der Waals surface area contributed by atoms with Crippen LogP contribution in [-0.4, -0.2) is 47.5 Å². The van der Waals surface area contributed by atoms with Gasteiger partial charge in [0.25, 0.3) is 0 Å². The molecular weight excluding hydrogens is 384 g/mol. The van der Waals surface area contributed by atoms with Crippen LogP contribution in [0, 0.1) is 0 Å². The lowest BCUT2D eigenvalue weighted by atomic mass is 10.2. The Morgan fingerprint density at radius 2 is 0.875 bits per heavy atom. The summed E-state index contributed by atoms with van der Waals surface area (Å²) in [6.45, 7) is -1.25. The number of halogens is 12. The summed E-state index contributed by atoms with van der Waals surface area (Å²) >= 11 is 0. The molecule has 0 amide bonds. The van der Waals surface area contributed by atoms with Crippen LogP contribution in [0.15, 0.2) is 0 Å². The molecule has 0 aromatic carbocycles. The molecule has 0 unspecified atom stereocenters. The van der Waals surface area contributed by atoms with E-state index in [1.165, 1.54) is 0 Å². The molecule has 0 atom stereocenters. The van der Waals surface area contributed by atoms with Crippen LogP contribution in [0.25, 0.3) is 0 Å². The third-order valence-corrected chi connectivity index (χ3v) is 1.80. The average Bonchev–Trinajstić information content (AvgIpc) is 2.18. The first-order chi connectivity index (χ1) is 10.2. The Hall–Kier alpha value is -1.00. The van der Waals surface area contributed by atoms with Crippen LogP contribution >= 0.6 is 0 Å². The quantitative estimate of drug-likeness (QED) is 0.396. The SMILES string of the molecule is CC(C)(CON(C(F)(F)F)C(F)(F)F)ON(C(F)(F)F)C(F)(F)F. The molecule has 0 rings (SSSR count). The van der Waals surface area contributed by atoms with Gasteiger partial charge in [-0.2, -0.15) is 52.7 Å². The van der Waals surface area contributed by atoms with Gasteiger partial charge in [-0.25, -0.2) is 0 Å². The fourth-order valence-corrected chi connectivity index (χ4v) is 1.03. The Labute approximate surface area is 125 Å². The molecule has 0 radical (unpaired) electrons. The second-order valence-corrected chi connectivity index (χ2v) is 4.58. The molecule has 146 valence electrons. The Bertz CT molecular complexity index is 381. The third kappa shape index (κ3) is 7.27. The molecule has 0 saturated heterocycles. The first-order valence-electron chi connectivity index (χ1n) is 5.37. The number of alkyl halides is 12. The zero-order valence-corrected chi connectivity index (χ0v) is 11.5. The molecule has 0 aliphatic carbocycles. The summed E-state index contributed by atoms with van der Waals surface area (Å²) in [6, 6.07) is 0. The molecule has 0 saturated carbocycles. The van der Waals surface area contributed by atoms with Gasteiger partial charge < -0.3 is 0 Å². The Morgan fingerprint density at radius 3 is 1.12 bits per heavy atom. The van der Waals surface area contributed by atoms with Crippen molar-refractivity contribution in [3.63, 3.8) is 0 Å². The van der Waals surface area contributed by atoms with E-state index in [1.807, 2.05) is 0 Å². The number of hydrogen-bond donors (Lipinski definition) is 0. The number of rotatable bonds is 5. The van der Waals surface area contributed by atoms with Crippen LogP contribution < -0.4 is 0 Å². The zero-order chi connectivity index (χ0) is 19.8. The fourth-order valence-electron chi connectivity index (χ4n) is 1.03. The van der Waals surface area contributed by atoms with Gasteiger partial charge in [0.15, 0.2) is 0 Å². The second-order valence-electron chi connectivity index (χ2n) is 4.58. The van der Waals surface area contributed by atoms with E-state index < -0.39 is 47.5 Å². The predicted molar refractivity (Wildman–Crippen MR) is 49.0 cm³/mol. The van der Waals surface area contributed by atoms with Crippen molar-refractivity contribution in [3.8, 4) is 0 Å². The summed E-state index contributed by atoms with van der Waals surface area (Å²) in [5.74, 6) is 0. The number of nitrogens with zero attached hydrogens (tertiary/aromatic N) is 2. The van der Waals surface area contributed by atoms with Crippen LogP contribution in [0.1, 0.15) is 13.8 Å². The molecule has 0 N–H and O–H groups in total. The maximum Gasteiger partial charge on any atom is 0.490 e. The minimum atomic E-state index is -6.16. The largest absolute Gasteiger partial charge is 0.490 e. The minimum Gasteiger partial charge on any atom is -0.281 e. The van der Waals surface area contributed by atoms with E-state index in [4.69, 9.17) is 0 Å². The fraction of sp³-hybridized carbons (Fsp3) is 1.00. The standard InChI is InChI=1S/C8H8F12N2O2/c1-4(2,24-22(7(15,16)17)8(18,19)20)3-23-21(5(9,10)11)6(12,13)14/h3H2,1-2H3. The highest BCUT2D eigenvalue weighted by molar-refractivity contribution is 4.69. The van der Waals surface area contributed by atoms with Crippen molar-refractivity contribution in [2.45, 2.75) is 44.6 Å². The summed E-state index contributed by atoms with van der Waals surface area (Å²) in [5.41, 5.74) is -2.88. The van der Waals surface area contributed by atoms with Crippen molar-refractivity contribution in [1.29, 1.82) is 0 Å². The van der Waals surface area contributed by atoms with Crippen molar-refractivity contribution < 1.29 is 62.4 Å². The summed E-state index contributed by atoms with van der Waals surface area (Å²) in [5, 5.41) is -4.97. The van der Waals surface area contributed by atoms with Gasteiger partial charge >= 0.3 is 25.2 Å². The van der Waals surface area contributed by atoms with Crippen molar-refractivity contribution >= 4 is 0 Å². The molecule has 0 fully saturated rings. The van der Waals surface area contributed by atoms with E-state index in [9.17, 15) is 52.7 Å². The molecular formula is C8H8F12N2O2. The Morgan fingerprint density at radius 1 is 0.583 bits per heavy atom. The molecule has 16 heteroatoms. The molecule has 0 aliphatic heterocycles. The van der Waals surface area contributed by atoms with Gasteiger partial charge in [0.1, 0.15) is 5.60 Å². The normalized spacial score (nSPS) is 15.5. The van der Waals surface area contributed by atoms with Crippen LogP contribution in [0.2, 0.25) is 0 Å². The molecule has 0 heterocycles. The van der Waals surface area contributed by atoms with Gasteiger partial charge in [-0.15, -0.1) is 0 Å². The molecule has 0 aromatic rings. The monoisotopic (exact) mass is 392 g/mol. The molecule has 0 bridgehead atoms. The first kappa shape index (κ1) is 23.0. The Balaban J connectivity index is 5.20.